The first kappa shape index (κ1) is 14.5. The van der Waals surface area contributed by atoms with Gasteiger partial charge in [0.1, 0.15) is 5.67 Å². The molecule has 0 radical (unpaired) electrons. The van der Waals surface area contributed by atoms with Crippen LogP contribution < -0.4 is 0 Å². The van der Waals surface area contributed by atoms with Gasteiger partial charge < -0.3 is 13.3 Å². The molecule has 0 aliphatic rings. The van der Waals surface area contributed by atoms with E-state index in [1.165, 1.54) is 21.3 Å². The minimum atomic E-state index is -2.83. The summed E-state index contributed by atoms with van der Waals surface area (Å²) in [5, 5.41) is 0. The molecule has 0 spiro atoms. The predicted octanol–water partition coefficient (Wildman–Crippen LogP) is 1.30. The fourth-order valence-corrected chi connectivity index (χ4v) is 3.52. The van der Waals surface area contributed by atoms with Crippen LogP contribution in [0, 0.1) is 0 Å². The lowest BCUT2D eigenvalue weighted by molar-refractivity contribution is 0.111. The van der Waals surface area contributed by atoms with Crippen molar-refractivity contribution in [2.75, 3.05) is 21.3 Å². The van der Waals surface area contributed by atoms with Crippen LogP contribution in [0.15, 0.2) is 4.99 Å². The van der Waals surface area contributed by atoms with E-state index in [2.05, 4.69) is 11.9 Å². The molecular weight excluding hydrogens is 214 g/mol. The average molecular weight is 233 g/mol. The fraction of sp³-hybridized carbons (Fsp3) is 0.889. The van der Waals surface area contributed by atoms with Gasteiger partial charge in [0.15, 0.2) is 0 Å². The van der Waals surface area contributed by atoms with E-state index in [1.807, 2.05) is 0 Å². The van der Waals surface area contributed by atoms with E-state index in [0.717, 1.165) is 12.8 Å². The van der Waals surface area contributed by atoms with Crippen molar-refractivity contribution < 1.29 is 18.1 Å². The molecule has 1 unspecified atom stereocenters. The lowest BCUT2D eigenvalue weighted by atomic mass is 10.2. The summed E-state index contributed by atoms with van der Waals surface area (Å²) < 4.78 is 15.8. The van der Waals surface area contributed by atoms with Gasteiger partial charge >= 0.3 is 8.80 Å². The molecule has 0 N–H and O–H groups in total. The van der Waals surface area contributed by atoms with Gasteiger partial charge in [0, 0.05) is 21.3 Å². The molecular formula is C9H19NO4Si. The highest BCUT2D eigenvalue weighted by atomic mass is 28.4. The molecule has 0 saturated carbocycles. The van der Waals surface area contributed by atoms with Crippen LogP contribution in [-0.4, -0.2) is 41.9 Å². The maximum atomic E-state index is 10.3. The van der Waals surface area contributed by atoms with Gasteiger partial charge in [-0.05, 0) is 6.42 Å². The Morgan fingerprint density at radius 1 is 1.27 bits per heavy atom. The van der Waals surface area contributed by atoms with Crippen molar-refractivity contribution in [3.63, 3.8) is 0 Å². The van der Waals surface area contributed by atoms with Gasteiger partial charge in [0.25, 0.3) is 0 Å². The number of isocyanates is 1. The summed E-state index contributed by atoms with van der Waals surface area (Å²) in [6.45, 7) is 2.07. The van der Waals surface area contributed by atoms with Crippen molar-refractivity contribution in [2.24, 2.45) is 4.99 Å². The molecule has 0 aromatic rings. The molecule has 0 aromatic carbocycles. The Balaban J connectivity index is 4.73. The highest BCUT2D eigenvalue weighted by Crippen LogP contribution is 2.19. The van der Waals surface area contributed by atoms with Gasteiger partial charge in [-0.3, -0.25) is 0 Å². The zero-order chi connectivity index (χ0) is 11.7. The van der Waals surface area contributed by atoms with Crippen LogP contribution in [0.5, 0.6) is 0 Å². The van der Waals surface area contributed by atoms with Crippen molar-refractivity contribution in [1.82, 2.24) is 0 Å². The number of rotatable bonds is 8. The Morgan fingerprint density at radius 3 is 2.13 bits per heavy atom. The Morgan fingerprint density at radius 2 is 1.80 bits per heavy atom. The van der Waals surface area contributed by atoms with Crippen LogP contribution in [0.1, 0.15) is 26.2 Å². The summed E-state index contributed by atoms with van der Waals surface area (Å²) in [5.74, 6) is 0. The SMILES string of the molecule is CCCCC(N=C=O)[Si](OC)(OC)OC. The minimum Gasteiger partial charge on any atom is -0.376 e. The summed E-state index contributed by atoms with van der Waals surface area (Å²) >= 11 is 0. The largest absolute Gasteiger partial charge is 0.527 e. The summed E-state index contributed by atoms with van der Waals surface area (Å²) in [6, 6.07) is 0. The van der Waals surface area contributed by atoms with Gasteiger partial charge in [-0.25, -0.2) is 4.79 Å². The zero-order valence-corrected chi connectivity index (χ0v) is 10.8. The van der Waals surface area contributed by atoms with Crippen molar-refractivity contribution in [2.45, 2.75) is 31.9 Å². The smallest absolute Gasteiger partial charge is 0.376 e. The van der Waals surface area contributed by atoms with E-state index in [-0.39, 0.29) is 5.67 Å². The van der Waals surface area contributed by atoms with Crippen molar-refractivity contribution in [3.05, 3.63) is 0 Å². The Kier molecular flexibility index (Phi) is 7.46. The summed E-state index contributed by atoms with van der Waals surface area (Å²) in [6.07, 6.45) is 4.24. The molecule has 0 fully saturated rings. The minimum absolute atomic E-state index is 0.352. The second kappa shape index (κ2) is 7.73. The molecule has 0 aliphatic heterocycles. The normalized spacial score (nSPS) is 13.3. The number of nitrogens with zero attached hydrogens (tertiary/aromatic N) is 1. The van der Waals surface area contributed by atoms with E-state index in [4.69, 9.17) is 13.3 Å². The molecule has 5 nitrogen and oxygen atoms in total. The molecule has 0 aliphatic carbocycles. The molecule has 0 heterocycles. The van der Waals surface area contributed by atoms with E-state index >= 15 is 0 Å². The lowest BCUT2D eigenvalue weighted by Gasteiger charge is -2.28. The Bertz CT molecular complexity index is 206. The molecule has 1 atom stereocenters. The fourth-order valence-electron chi connectivity index (χ4n) is 1.44. The van der Waals surface area contributed by atoms with Crippen LogP contribution in [0.25, 0.3) is 0 Å². The monoisotopic (exact) mass is 233 g/mol. The summed E-state index contributed by atoms with van der Waals surface area (Å²) in [4.78, 5) is 14.1. The average Bonchev–Trinajstić information content (AvgIpc) is 2.28. The van der Waals surface area contributed by atoms with E-state index < -0.39 is 8.80 Å². The number of unbranched alkanes of at least 4 members (excludes halogenated alkanes) is 1. The van der Waals surface area contributed by atoms with Gasteiger partial charge in [-0.2, -0.15) is 4.99 Å². The molecule has 0 saturated heterocycles. The van der Waals surface area contributed by atoms with Crippen molar-refractivity contribution in [1.29, 1.82) is 0 Å². The topological polar surface area (TPSA) is 57.1 Å². The van der Waals surface area contributed by atoms with E-state index in [9.17, 15) is 4.79 Å². The van der Waals surface area contributed by atoms with Crippen LogP contribution >= 0.6 is 0 Å². The quantitative estimate of drug-likeness (QED) is 0.360. The Hall–Kier alpha value is -0.523. The third-order valence-corrected chi connectivity index (χ3v) is 5.24. The van der Waals surface area contributed by atoms with Gasteiger partial charge in [-0.15, -0.1) is 0 Å². The number of carbonyl (C=O) groups excluding carboxylic acids is 1. The number of hydrogen-bond acceptors (Lipinski definition) is 5. The molecule has 15 heavy (non-hydrogen) atoms. The summed E-state index contributed by atoms with van der Waals surface area (Å²) in [7, 11) is 1.70. The predicted molar refractivity (Wildman–Crippen MR) is 58.2 cm³/mol. The van der Waals surface area contributed by atoms with E-state index in [0.29, 0.717) is 6.42 Å². The Labute approximate surface area is 91.8 Å². The van der Waals surface area contributed by atoms with Gasteiger partial charge in [0.2, 0.25) is 6.08 Å². The van der Waals surface area contributed by atoms with E-state index in [1.54, 1.807) is 6.08 Å². The van der Waals surface area contributed by atoms with Crippen LogP contribution in [0.4, 0.5) is 0 Å². The third-order valence-electron chi connectivity index (χ3n) is 2.30. The maximum Gasteiger partial charge on any atom is 0.527 e. The van der Waals surface area contributed by atoms with Gasteiger partial charge in [0.05, 0.1) is 0 Å². The number of hydrogen-bond donors (Lipinski definition) is 0. The van der Waals surface area contributed by atoms with Crippen LogP contribution in [-0.2, 0) is 18.1 Å². The molecule has 0 rings (SSSR count). The van der Waals surface area contributed by atoms with Crippen LogP contribution in [0.3, 0.4) is 0 Å². The zero-order valence-electron chi connectivity index (χ0n) is 9.78. The molecule has 0 amide bonds. The second-order valence-electron chi connectivity index (χ2n) is 3.09. The van der Waals surface area contributed by atoms with Crippen molar-refractivity contribution >= 4 is 14.9 Å². The first-order chi connectivity index (χ1) is 7.20. The van der Waals surface area contributed by atoms with Crippen molar-refractivity contribution in [3.8, 4) is 0 Å². The first-order valence-corrected chi connectivity index (χ1v) is 6.73. The molecule has 88 valence electrons. The number of aliphatic imine (C=N–C) groups is 1. The lowest BCUT2D eigenvalue weighted by Crippen LogP contribution is -2.53. The highest BCUT2D eigenvalue weighted by molar-refractivity contribution is 6.62. The maximum absolute atomic E-state index is 10.3. The molecule has 6 heteroatoms. The third kappa shape index (κ3) is 3.85. The molecule has 0 aromatic heterocycles. The summed E-state index contributed by atoms with van der Waals surface area (Å²) in [5.41, 5.74) is -0.352. The highest BCUT2D eigenvalue weighted by Gasteiger charge is 2.47. The second-order valence-corrected chi connectivity index (χ2v) is 6.19. The van der Waals surface area contributed by atoms with Gasteiger partial charge in [-0.1, -0.05) is 19.8 Å². The van der Waals surface area contributed by atoms with Crippen LogP contribution in [0.2, 0.25) is 0 Å². The first-order valence-electron chi connectivity index (χ1n) is 4.93. The standard InChI is InChI=1S/C9H19NO4Si/c1-5-6-7-9(10-8-11)15(12-2,13-3)14-4/h9H,5-7H2,1-4H3. The molecule has 0 bridgehead atoms.